The van der Waals surface area contributed by atoms with Crippen LogP contribution in [0.3, 0.4) is 0 Å². The van der Waals surface area contributed by atoms with Crippen LogP contribution < -0.4 is 4.72 Å². The van der Waals surface area contributed by atoms with Gasteiger partial charge in [-0.1, -0.05) is 23.2 Å². The normalized spacial score (nSPS) is 13.6. The molecule has 0 aliphatic heterocycles. The second-order valence-corrected chi connectivity index (χ2v) is 6.19. The number of aliphatic hydroxyl groups is 1. The number of rotatable bonds is 5. The lowest BCUT2D eigenvalue weighted by molar-refractivity contribution is 0.186. The number of hydrogen-bond acceptors (Lipinski definition) is 3. The molecule has 1 unspecified atom stereocenters. The first-order valence-electron chi connectivity index (χ1n) is 4.95. The largest absolute Gasteiger partial charge is 0.393 e. The Morgan fingerprint density at radius 3 is 2.53 bits per heavy atom. The number of nitrogens with one attached hydrogen (secondary N) is 1. The first kappa shape index (κ1) is 14.7. The van der Waals surface area contributed by atoms with Crippen LogP contribution in [0.15, 0.2) is 23.1 Å². The molecule has 0 radical (unpaired) electrons. The minimum atomic E-state index is -3.60. The first-order chi connectivity index (χ1) is 7.83. The summed E-state index contributed by atoms with van der Waals surface area (Å²) in [7, 11) is -3.60. The molecule has 1 atom stereocenters. The molecule has 1 rings (SSSR count). The third-order valence-corrected chi connectivity index (χ3v) is 4.25. The molecule has 0 bridgehead atoms. The molecule has 0 aliphatic carbocycles. The van der Waals surface area contributed by atoms with Gasteiger partial charge in [-0.25, -0.2) is 13.1 Å². The van der Waals surface area contributed by atoms with Crippen LogP contribution in [0.1, 0.15) is 13.3 Å². The Morgan fingerprint density at radius 1 is 1.35 bits per heavy atom. The summed E-state index contributed by atoms with van der Waals surface area (Å²) >= 11 is 11.4. The predicted octanol–water partition coefficient (Wildman–Crippen LogP) is 2.04. The van der Waals surface area contributed by atoms with Gasteiger partial charge in [-0.3, -0.25) is 0 Å². The van der Waals surface area contributed by atoms with Gasteiger partial charge in [-0.2, -0.15) is 0 Å². The van der Waals surface area contributed by atoms with Crippen molar-refractivity contribution >= 4 is 33.2 Å². The molecule has 0 amide bonds. The second-order valence-electron chi connectivity index (χ2n) is 3.61. The molecule has 7 heteroatoms. The van der Waals surface area contributed by atoms with Crippen LogP contribution in [0.2, 0.25) is 10.0 Å². The van der Waals surface area contributed by atoms with Gasteiger partial charge >= 0.3 is 0 Å². The SMILES string of the molecule is CC(O)CCNS(=O)(=O)c1ccc(Cl)c(Cl)c1. The standard InChI is InChI=1S/C10H13Cl2NO3S/c1-7(14)4-5-13-17(15,16)8-2-3-9(11)10(12)6-8/h2-3,6-7,13-14H,4-5H2,1H3. The van der Waals surface area contributed by atoms with Crippen molar-refractivity contribution in [2.24, 2.45) is 0 Å². The highest BCUT2D eigenvalue weighted by atomic mass is 35.5. The van der Waals surface area contributed by atoms with E-state index in [1.165, 1.54) is 18.2 Å². The highest BCUT2D eigenvalue weighted by Crippen LogP contribution is 2.24. The van der Waals surface area contributed by atoms with E-state index in [2.05, 4.69) is 4.72 Å². The van der Waals surface area contributed by atoms with Gasteiger partial charge in [-0.05, 0) is 31.5 Å². The quantitative estimate of drug-likeness (QED) is 0.874. The van der Waals surface area contributed by atoms with Gasteiger partial charge in [0.05, 0.1) is 21.0 Å². The van der Waals surface area contributed by atoms with Gasteiger partial charge in [-0.15, -0.1) is 0 Å². The summed E-state index contributed by atoms with van der Waals surface area (Å²) in [6.07, 6.45) is -0.202. The number of halogens is 2. The third kappa shape index (κ3) is 4.44. The zero-order valence-corrected chi connectivity index (χ0v) is 11.5. The van der Waals surface area contributed by atoms with E-state index < -0.39 is 16.1 Å². The highest BCUT2D eigenvalue weighted by Gasteiger charge is 2.15. The Bertz CT molecular complexity index is 488. The molecule has 0 heterocycles. The lowest BCUT2D eigenvalue weighted by Crippen LogP contribution is -2.26. The van der Waals surface area contributed by atoms with Crippen LogP contribution in [0.25, 0.3) is 0 Å². The molecule has 1 aromatic rings. The van der Waals surface area contributed by atoms with E-state index in [4.69, 9.17) is 28.3 Å². The van der Waals surface area contributed by atoms with E-state index in [9.17, 15) is 8.42 Å². The van der Waals surface area contributed by atoms with Crippen LogP contribution >= 0.6 is 23.2 Å². The van der Waals surface area contributed by atoms with Crippen molar-refractivity contribution in [3.05, 3.63) is 28.2 Å². The van der Waals surface area contributed by atoms with Crippen molar-refractivity contribution in [3.63, 3.8) is 0 Å². The lowest BCUT2D eigenvalue weighted by atomic mass is 10.3. The summed E-state index contributed by atoms with van der Waals surface area (Å²) < 4.78 is 25.9. The fourth-order valence-corrected chi connectivity index (χ4v) is 2.57. The Labute approximate surface area is 111 Å². The molecule has 2 N–H and O–H groups in total. The minimum Gasteiger partial charge on any atom is -0.393 e. The molecule has 0 spiro atoms. The number of benzene rings is 1. The topological polar surface area (TPSA) is 66.4 Å². The number of hydrogen-bond donors (Lipinski definition) is 2. The second kappa shape index (κ2) is 6.02. The fraction of sp³-hybridized carbons (Fsp3) is 0.400. The molecule has 17 heavy (non-hydrogen) atoms. The van der Waals surface area contributed by atoms with E-state index in [0.717, 1.165) is 0 Å². The Kier molecular flexibility index (Phi) is 5.22. The summed E-state index contributed by atoms with van der Waals surface area (Å²) in [5.41, 5.74) is 0. The molecule has 0 fully saturated rings. The molecule has 0 aliphatic rings. The maximum Gasteiger partial charge on any atom is 0.240 e. The number of aliphatic hydroxyl groups excluding tert-OH is 1. The van der Waals surface area contributed by atoms with Crippen molar-refractivity contribution in [3.8, 4) is 0 Å². The first-order valence-corrected chi connectivity index (χ1v) is 7.19. The Balaban J connectivity index is 2.79. The molecule has 4 nitrogen and oxygen atoms in total. The van der Waals surface area contributed by atoms with Crippen LogP contribution in [-0.4, -0.2) is 26.2 Å². The van der Waals surface area contributed by atoms with Crippen molar-refractivity contribution in [2.45, 2.75) is 24.3 Å². The van der Waals surface area contributed by atoms with Gasteiger partial charge in [0.25, 0.3) is 0 Å². The monoisotopic (exact) mass is 297 g/mol. The molecule has 1 aromatic carbocycles. The molecular weight excluding hydrogens is 285 g/mol. The van der Waals surface area contributed by atoms with Crippen molar-refractivity contribution in [2.75, 3.05) is 6.54 Å². The van der Waals surface area contributed by atoms with Crippen LogP contribution in [0.5, 0.6) is 0 Å². The zero-order valence-electron chi connectivity index (χ0n) is 9.15. The molecule has 0 saturated heterocycles. The van der Waals surface area contributed by atoms with Crippen LogP contribution in [-0.2, 0) is 10.0 Å². The fourth-order valence-electron chi connectivity index (χ4n) is 1.13. The van der Waals surface area contributed by atoms with Crippen LogP contribution in [0, 0.1) is 0 Å². The summed E-state index contributed by atoms with van der Waals surface area (Å²) in [4.78, 5) is 0.0532. The Hall–Kier alpha value is -0.330. The average Bonchev–Trinajstić information content (AvgIpc) is 2.21. The van der Waals surface area contributed by atoms with E-state index in [-0.39, 0.29) is 16.5 Å². The van der Waals surface area contributed by atoms with Crippen molar-refractivity contribution in [1.82, 2.24) is 4.72 Å². The van der Waals surface area contributed by atoms with E-state index in [1.54, 1.807) is 6.92 Å². The zero-order chi connectivity index (χ0) is 13.1. The number of sulfonamides is 1. The van der Waals surface area contributed by atoms with Gasteiger partial charge in [0, 0.05) is 6.54 Å². The Morgan fingerprint density at radius 2 is 2.00 bits per heavy atom. The van der Waals surface area contributed by atoms with E-state index in [0.29, 0.717) is 11.4 Å². The highest BCUT2D eigenvalue weighted by molar-refractivity contribution is 7.89. The lowest BCUT2D eigenvalue weighted by Gasteiger charge is -2.08. The minimum absolute atomic E-state index is 0.0532. The van der Waals surface area contributed by atoms with Gasteiger partial charge in [0.1, 0.15) is 0 Å². The van der Waals surface area contributed by atoms with Crippen LogP contribution in [0.4, 0.5) is 0 Å². The summed E-state index contributed by atoms with van der Waals surface area (Å²) in [5, 5.41) is 9.51. The smallest absolute Gasteiger partial charge is 0.240 e. The molecule has 0 saturated carbocycles. The molecule has 0 aromatic heterocycles. The predicted molar refractivity (Wildman–Crippen MR) is 67.9 cm³/mol. The summed E-state index contributed by atoms with van der Waals surface area (Å²) in [6, 6.07) is 4.08. The van der Waals surface area contributed by atoms with Gasteiger partial charge < -0.3 is 5.11 Å². The van der Waals surface area contributed by atoms with Gasteiger partial charge in [0.2, 0.25) is 10.0 Å². The maximum atomic E-state index is 11.8. The van der Waals surface area contributed by atoms with E-state index >= 15 is 0 Å². The molecule has 96 valence electrons. The van der Waals surface area contributed by atoms with Crippen molar-refractivity contribution in [1.29, 1.82) is 0 Å². The molecular formula is C10H13Cl2NO3S. The average molecular weight is 298 g/mol. The summed E-state index contributed by atoms with van der Waals surface area (Å²) in [6.45, 7) is 1.76. The third-order valence-electron chi connectivity index (χ3n) is 2.06. The van der Waals surface area contributed by atoms with Crippen molar-refractivity contribution < 1.29 is 13.5 Å². The van der Waals surface area contributed by atoms with E-state index in [1.807, 2.05) is 0 Å². The summed E-state index contributed by atoms with van der Waals surface area (Å²) in [5.74, 6) is 0. The maximum absolute atomic E-state index is 11.8. The van der Waals surface area contributed by atoms with Gasteiger partial charge in [0.15, 0.2) is 0 Å².